The van der Waals surface area contributed by atoms with Gasteiger partial charge in [-0.1, -0.05) is 30.1 Å². The Balaban J connectivity index is 2.91. The van der Waals surface area contributed by atoms with Gasteiger partial charge in [0, 0.05) is 5.56 Å². The molecule has 3 nitrogen and oxygen atoms in total. The number of nitriles is 1. The SMILES string of the molecule is CC[C@](C)(C#N)NC(=O)c1ccc(Cl)c(Cl)c1. The van der Waals surface area contributed by atoms with Crippen LogP contribution in [0.2, 0.25) is 10.0 Å². The van der Waals surface area contributed by atoms with E-state index in [0.29, 0.717) is 22.0 Å². The lowest BCUT2D eigenvalue weighted by Gasteiger charge is -2.21. The molecule has 0 aromatic heterocycles. The fourth-order valence-electron chi connectivity index (χ4n) is 1.16. The van der Waals surface area contributed by atoms with Gasteiger partial charge in [-0.2, -0.15) is 5.26 Å². The normalized spacial score (nSPS) is 13.6. The van der Waals surface area contributed by atoms with Gasteiger partial charge in [0.25, 0.3) is 5.91 Å². The van der Waals surface area contributed by atoms with Crippen molar-refractivity contribution in [2.24, 2.45) is 0 Å². The fraction of sp³-hybridized carbons (Fsp3) is 0.333. The average molecular weight is 271 g/mol. The number of carbonyl (C=O) groups excluding carboxylic acids is 1. The quantitative estimate of drug-likeness (QED) is 0.915. The van der Waals surface area contributed by atoms with E-state index >= 15 is 0 Å². The number of hydrogen-bond donors (Lipinski definition) is 1. The Hall–Kier alpha value is -1.24. The molecule has 1 atom stereocenters. The first kappa shape index (κ1) is 13.8. The van der Waals surface area contributed by atoms with Crippen molar-refractivity contribution < 1.29 is 4.79 Å². The minimum atomic E-state index is -0.872. The Morgan fingerprint density at radius 2 is 2.12 bits per heavy atom. The first-order chi connectivity index (χ1) is 7.91. The van der Waals surface area contributed by atoms with Gasteiger partial charge < -0.3 is 5.32 Å². The van der Waals surface area contributed by atoms with Crippen LogP contribution in [0.3, 0.4) is 0 Å². The van der Waals surface area contributed by atoms with Crippen LogP contribution in [0.15, 0.2) is 18.2 Å². The lowest BCUT2D eigenvalue weighted by atomic mass is 10.0. The molecule has 5 heteroatoms. The summed E-state index contributed by atoms with van der Waals surface area (Å²) in [6.07, 6.45) is 0.524. The highest BCUT2D eigenvalue weighted by Crippen LogP contribution is 2.22. The molecule has 90 valence electrons. The van der Waals surface area contributed by atoms with E-state index in [1.165, 1.54) is 6.07 Å². The lowest BCUT2D eigenvalue weighted by Crippen LogP contribution is -2.44. The fourth-order valence-corrected chi connectivity index (χ4v) is 1.45. The minimum Gasteiger partial charge on any atom is -0.334 e. The summed E-state index contributed by atoms with van der Waals surface area (Å²) >= 11 is 11.6. The highest BCUT2D eigenvalue weighted by Gasteiger charge is 2.24. The van der Waals surface area contributed by atoms with Crippen molar-refractivity contribution in [3.8, 4) is 6.07 Å². The molecule has 0 unspecified atom stereocenters. The second-order valence-corrected chi connectivity index (χ2v) is 4.69. The van der Waals surface area contributed by atoms with Gasteiger partial charge in [0.15, 0.2) is 0 Å². The first-order valence-corrected chi connectivity index (χ1v) is 5.86. The van der Waals surface area contributed by atoms with Gasteiger partial charge in [0.2, 0.25) is 0 Å². The Morgan fingerprint density at radius 3 is 2.59 bits per heavy atom. The minimum absolute atomic E-state index is 0.314. The van der Waals surface area contributed by atoms with Crippen molar-refractivity contribution in [1.82, 2.24) is 5.32 Å². The smallest absolute Gasteiger partial charge is 0.252 e. The first-order valence-electron chi connectivity index (χ1n) is 5.10. The molecule has 0 saturated carbocycles. The molecule has 1 rings (SSSR count). The topological polar surface area (TPSA) is 52.9 Å². The maximum Gasteiger partial charge on any atom is 0.252 e. The highest BCUT2D eigenvalue weighted by atomic mass is 35.5. The number of benzene rings is 1. The number of nitrogens with zero attached hydrogens (tertiary/aromatic N) is 1. The second-order valence-electron chi connectivity index (χ2n) is 3.88. The Morgan fingerprint density at radius 1 is 1.47 bits per heavy atom. The largest absolute Gasteiger partial charge is 0.334 e. The summed E-state index contributed by atoms with van der Waals surface area (Å²) in [6.45, 7) is 3.50. The number of halogens is 2. The molecule has 1 aromatic rings. The molecule has 0 aliphatic heterocycles. The summed E-state index contributed by atoms with van der Waals surface area (Å²) in [5.74, 6) is -0.338. The van der Waals surface area contributed by atoms with E-state index in [2.05, 4.69) is 11.4 Å². The summed E-state index contributed by atoms with van der Waals surface area (Å²) in [5.41, 5.74) is -0.488. The molecule has 0 aliphatic rings. The van der Waals surface area contributed by atoms with E-state index in [1.54, 1.807) is 19.1 Å². The van der Waals surface area contributed by atoms with Crippen molar-refractivity contribution in [2.75, 3.05) is 0 Å². The van der Waals surface area contributed by atoms with Crippen molar-refractivity contribution in [2.45, 2.75) is 25.8 Å². The average Bonchev–Trinajstić information content (AvgIpc) is 2.32. The molecule has 0 bridgehead atoms. The van der Waals surface area contributed by atoms with Crippen LogP contribution in [0.5, 0.6) is 0 Å². The third kappa shape index (κ3) is 3.36. The zero-order valence-electron chi connectivity index (χ0n) is 9.55. The van der Waals surface area contributed by atoms with E-state index < -0.39 is 5.54 Å². The standard InChI is InChI=1S/C12H12Cl2N2O/c1-3-12(2,7-15)16-11(17)8-4-5-9(13)10(14)6-8/h4-6H,3H2,1-2H3,(H,16,17)/t12-/m1/s1. The molecule has 17 heavy (non-hydrogen) atoms. The summed E-state index contributed by atoms with van der Waals surface area (Å²) in [6, 6.07) is 6.66. The molecule has 0 saturated heterocycles. The van der Waals surface area contributed by atoms with Crippen molar-refractivity contribution in [3.05, 3.63) is 33.8 Å². The Labute approximate surface area is 110 Å². The van der Waals surface area contributed by atoms with Crippen molar-refractivity contribution >= 4 is 29.1 Å². The van der Waals surface area contributed by atoms with Crippen LogP contribution in [0.1, 0.15) is 30.6 Å². The summed E-state index contributed by atoms with van der Waals surface area (Å²) in [7, 11) is 0. The predicted octanol–water partition coefficient (Wildman–Crippen LogP) is 3.42. The Kier molecular flexibility index (Phi) is 4.39. The molecule has 0 spiro atoms. The highest BCUT2D eigenvalue weighted by molar-refractivity contribution is 6.42. The van der Waals surface area contributed by atoms with Crippen LogP contribution >= 0.6 is 23.2 Å². The van der Waals surface area contributed by atoms with Gasteiger partial charge in [-0.3, -0.25) is 4.79 Å². The molecule has 0 radical (unpaired) electrons. The molecule has 1 amide bonds. The molecular formula is C12H12Cl2N2O. The van der Waals surface area contributed by atoms with E-state index in [9.17, 15) is 4.79 Å². The maximum atomic E-state index is 11.9. The molecule has 1 N–H and O–H groups in total. The van der Waals surface area contributed by atoms with Gasteiger partial charge in [0.05, 0.1) is 16.1 Å². The predicted molar refractivity (Wildman–Crippen MR) is 68.2 cm³/mol. The van der Waals surface area contributed by atoms with Gasteiger partial charge in [0.1, 0.15) is 5.54 Å². The third-order valence-electron chi connectivity index (χ3n) is 2.53. The van der Waals surface area contributed by atoms with E-state index in [1.807, 2.05) is 6.92 Å². The van der Waals surface area contributed by atoms with Gasteiger partial charge in [-0.15, -0.1) is 0 Å². The number of carbonyl (C=O) groups is 1. The van der Waals surface area contributed by atoms with E-state index in [-0.39, 0.29) is 5.91 Å². The summed E-state index contributed by atoms with van der Waals surface area (Å²) in [4.78, 5) is 11.9. The van der Waals surface area contributed by atoms with Crippen LogP contribution in [0.4, 0.5) is 0 Å². The van der Waals surface area contributed by atoms with Crippen molar-refractivity contribution in [1.29, 1.82) is 5.26 Å². The van der Waals surface area contributed by atoms with Crippen molar-refractivity contribution in [3.63, 3.8) is 0 Å². The number of amides is 1. The molecular weight excluding hydrogens is 259 g/mol. The lowest BCUT2D eigenvalue weighted by molar-refractivity contribution is 0.0923. The van der Waals surface area contributed by atoms with Crippen LogP contribution in [-0.4, -0.2) is 11.4 Å². The number of rotatable bonds is 3. The maximum absolute atomic E-state index is 11.9. The van der Waals surface area contributed by atoms with E-state index in [0.717, 1.165) is 0 Å². The molecule has 0 heterocycles. The zero-order valence-corrected chi connectivity index (χ0v) is 11.1. The van der Waals surface area contributed by atoms with Crippen LogP contribution in [0.25, 0.3) is 0 Å². The van der Waals surface area contributed by atoms with Crippen LogP contribution in [-0.2, 0) is 0 Å². The Bertz CT molecular complexity index is 482. The monoisotopic (exact) mass is 270 g/mol. The summed E-state index contributed by atoms with van der Waals surface area (Å²) in [5, 5.41) is 12.3. The summed E-state index contributed by atoms with van der Waals surface area (Å²) < 4.78 is 0. The van der Waals surface area contributed by atoms with Crippen LogP contribution in [0, 0.1) is 11.3 Å². The van der Waals surface area contributed by atoms with Gasteiger partial charge in [-0.25, -0.2) is 0 Å². The number of hydrogen-bond acceptors (Lipinski definition) is 2. The molecule has 0 fully saturated rings. The van der Waals surface area contributed by atoms with E-state index in [4.69, 9.17) is 28.5 Å². The van der Waals surface area contributed by atoms with Crippen LogP contribution < -0.4 is 5.32 Å². The number of nitrogens with one attached hydrogen (secondary N) is 1. The third-order valence-corrected chi connectivity index (χ3v) is 3.26. The zero-order chi connectivity index (χ0) is 13.1. The van der Waals surface area contributed by atoms with Gasteiger partial charge in [-0.05, 0) is 31.5 Å². The second kappa shape index (κ2) is 5.39. The molecule has 1 aromatic carbocycles. The molecule has 0 aliphatic carbocycles. The van der Waals surface area contributed by atoms with Gasteiger partial charge >= 0.3 is 0 Å².